The minimum atomic E-state index is -0.386. The number of nitrogen functional groups attached to an aromatic ring is 1. The van der Waals surface area contributed by atoms with E-state index in [-0.39, 0.29) is 24.3 Å². The summed E-state index contributed by atoms with van der Waals surface area (Å²) in [5, 5.41) is 2.57. The Morgan fingerprint density at radius 1 is 1.24 bits per heavy atom. The van der Waals surface area contributed by atoms with E-state index in [2.05, 4.69) is 11.9 Å². The van der Waals surface area contributed by atoms with Crippen LogP contribution in [-0.2, 0) is 14.4 Å². The summed E-state index contributed by atoms with van der Waals surface area (Å²) < 4.78 is 5.50. The molecule has 0 spiro atoms. The number of nitrogens with one attached hydrogen (secondary N) is 1. The van der Waals surface area contributed by atoms with Crippen molar-refractivity contribution in [3.05, 3.63) is 30.9 Å². The van der Waals surface area contributed by atoms with Crippen LogP contribution in [0.5, 0.6) is 5.75 Å². The molecule has 3 amide bonds. The van der Waals surface area contributed by atoms with E-state index in [1.807, 2.05) is 0 Å². The Hall–Kier alpha value is -3.03. The molecule has 0 atom stereocenters. The van der Waals surface area contributed by atoms with Crippen molar-refractivity contribution in [1.82, 2.24) is 9.80 Å². The van der Waals surface area contributed by atoms with Gasteiger partial charge in [0.1, 0.15) is 5.75 Å². The van der Waals surface area contributed by atoms with Gasteiger partial charge in [-0.15, -0.1) is 0 Å². The summed E-state index contributed by atoms with van der Waals surface area (Å²) >= 11 is 0. The number of ether oxygens (including phenoxy) is 1. The fourth-order valence-corrected chi connectivity index (χ4v) is 2.42. The maximum atomic E-state index is 12.2. The molecule has 0 saturated carbocycles. The van der Waals surface area contributed by atoms with Gasteiger partial charge in [0.05, 0.1) is 11.4 Å². The summed E-state index contributed by atoms with van der Waals surface area (Å²) in [7, 11) is 0. The van der Waals surface area contributed by atoms with Crippen LogP contribution in [0.1, 0.15) is 6.92 Å². The van der Waals surface area contributed by atoms with Gasteiger partial charge in [-0.1, -0.05) is 6.58 Å². The molecule has 1 aliphatic rings. The van der Waals surface area contributed by atoms with Crippen molar-refractivity contribution < 1.29 is 19.1 Å². The predicted molar refractivity (Wildman–Crippen MR) is 94.0 cm³/mol. The lowest BCUT2D eigenvalue weighted by Crippen LogP contribution is -2.51. The molecule has 8 heteroatoms. The molecule has 1 aromatic rings. The second-order valence-corrected chi connectivity index (χ2v) is 5.62. The first-order valence-corrected chi connectivity index (χ1v) is 7.89. The minimum absolute atomic E-state index is 0.0133. The lowest BCUT2D eigenvalue weighted by molar-refractivity contribution is -0.139. The number of nitrogens with zero attached hydrogens (tertiary/aromatic N) is 2. The van der Waals surface area contributed by atoms with E-state index in [1.165, 1.54) is 6.92 Å². The molecule has 0 unspecified atom stereocenters. The van der Waals surface area contributed by atoms with Gasteiger partial charge in [-0.2, -0.15) is 0 Å². The summed E-state index contributed by atoms with van der Waals surface area (Å²) in [6.07, 6.45) is 1.14. The Morgan fingerprint density at radius 2 is 1.88 bits per heavy atom. The van der Waals surface area contributed by atoms with Crippen molar-refractivity contribution in [2.24, 2.45) is 0 Å². The normalized spacial score (nSPS) is 14.0. The van der Waals surface area contributed by atoms with Gasteiger partial charge in [-0.05, 0) is 18.2 Å². The molecule has 1 aliphatic heterocycles. The Morgan fingerprint density at radius 3 is 2.48 bits per heavy atom. The number of anilines is 2. The fourth-order valence-electron chi connectivity index (χ4n) is 2.42. The molecule has 134 valence electrons. The standard InChI is InChI=1S/C17H22N4O4/c1-3-16(23)19-15-10-13(4-5-14(15)18)25-11-17(24)21-8-6-20(7-9-21)12(2)22/h3-5,10H,1,6-9,11,18H2,2H3,(H,19,23). The molecular formula is C17H22N4O4. The van der Waals surface area contributed by atoms with Crippen molar-refractivity contribution >= 4 is 29.1 Å². The molecule has 1 aromatic carbocycles. The van der Waals surface area contributed by atoms with Crippen LogP contribution in [0, 0.1) is 0 Å². The fraction of sp³-hybridized carbons (Fsp3) is 0.353. The molecule has 3 N–H and O–H groups in total. The molecule has 25 heavy (non-hydrogen) atoms. The molecule has 0 radical (unpaired) electrons. The zero-order valence-electron chi connectivity index (χ0n) is 14.2. The number of benzene rings is 1. The number of rotatable bonds is 5. The number of piperazine rings is 1. The summed E-state index contributed by atoms with van der Waals surface area (Å²) in [5.41, 5.74) is 6.57. The van der Waals surface area contributed by atoms with Crippen LogP contribution in [-0.4, -0.2) is 60.3 Å². The number of hydrogen-bond donors (Lipinski definition) is 2. The van der Waals surface area contributed by atoms with Crippen molar-refractivity contribution in [2.45, 2.75) is 6.92 Å². The molecule has 1 heterocycles. The SMILES string of the molecule is C=CC(=O)Nc1cc(OCC(=O)N2CCN(C(C)=O)CC2)ccc1N. The van der Waals surface area contributed by atoms with Gasteiger partial charge in [-0.3, -0.25) is 14.4 Å². The summed E-state index contributed by atoms with van der Waals surface area (Å²) in [5.74, 6) is -0.108. The summed E-state index contributed by atoms with van der Waals surface area (Å²) in [6.45, 7) is 6.81. The van der Waals surface area contributed by atoms with E-state index < -0.39 is 0 Å². The van der Waals surface area contributed by atoms with Gasteiger partial charge in [0.2, 0.25) is 11.8 Å². The van der Waals surface area contributed by atoms with Crippen LogP contribution in [0.2, 0.25) is 0 Å². The third-order valence-electron chi connectivity index (χ3n) is 3.91. The zero-order chi connectivity index (χ0) is 18.4. The average molecular weight is 346 g/mol. The third kappa shape index (κ3) is 4.97. The first-order chi connectivity index (χ1) is 11.9. The largest absolute Gasteiger partial charge is 0.484 e. The molecule has 1 fully saturated rings. The van der Waals surface area contributed by atoms with E-state index in [0.717, 1.165) is 6.08 Å². The maximum absolute atomic E-state index is 12.2. The van der Waals surface area contributed by atoms with E-state index in [0.29, 0.717) is 43.3 Å². The number of nitrogens with two attached hydrogens (primary N) is 1. The lowest BCUT2D eigenvalue weighted by atomic mass is 10.2. The van der Waals surface area contributed by atoms with E-state index in [9.17, 15) is 14.4 Å². The van der Waals surface area contributed by atoms with E-state index in [1.54, 1.807) is 28.0 Å². The number of carbonyl (C=O) groups is 3. The van der Waals surface area contributed by atoms with Gasteiger partial charge >= 0.3 is 0 Å². The Labute approximate surface area is 146 Å². The third-order valence-corrected chi connectivity index (χ3v) is 3.91. The highest BCUT2D eigenvalue weighted by Gasteiger charge is 2.22. The maximum Gasteiger partial charge on any atom is 0.260 e. The van der Waals surface area contributed by atoms with Crippen LogP contribution in [0.3, 0.4) is 0 Å². The monoisotopic (exact) mass is 346 g/mol. The van der Waals surface area contributed by atoms with Crippen molar-refractivity contribution in [1.29, 1.82) is 0 Å². The highest BCUT2D eigenvalue weighted by Crippen LogP contribution is 2.24. The van der Waals surface area contributed by atoms with Gasteiger partial charge in [0, 0.05) is 39.2 Å². The average Bonchev–Trinajstić information content (AvgIpc) is 2.61. The van der Waals surface area contributed by atoms with Crippen molar-refractivity contribution in [3.63, 3.8) is 0 Å². The summed E-state index contributed by atoms with van der Waals surface area (Å²) in [6, 6.07) is 4.77. The molecule has 1 saturated heterocycles. The van der Waals surface area contributed by atoms with E-state index >= 15 is 0 Å². The van der Waals surface area contributed by atoms with Crippen LogP contribution < -0.4 is 15.8 Å². The van der Waals surface area contributed by atoms with Crippen LogP contribution in [0.4, 0.5) is 11.4 Å². The Bertz CT molecular complexity index is 681. The van der Waals surface area contributed by atoms with Gasteiger partial charge in [-0.25, -0.2) is 0 Å². The van der Waals surface area contributed by atoms with Crippen LogP contribution >= 0.6 is 0 Å². The summed E-state index contributed by atoms with van der Waals surface area (Å²) in [4.78, 5) is 38.3. The molecule has 0 aromatic heterocycles. The molecule has 0 aliphatic carbocycles. The molecule has 8 nitrogen and oxygen atoms in total. The highest BCUT2D eigenvalue weighted by atomic mass is 16.5. The zero-order valence-corrected chi connectivity index (χ0v) is 14.2. The van der Waals surface area contributed by atoms with Crippen LogP contribution in [0.25, 0.3) is 0 Å². The smallest absolute Gasteiger partial charge is 0.260 e. The predicted octanol–water partition coefficient (Wildman–Crippen LogP) is 0.463. The second-order valence-electron chi connectivity index (χ2n) is 5.62. The Kier molecular flexibility index (Phi) is 5.99. The van der Waals surface area contributed by atoms with E-state index in [4.69, 9.17) is 10.5 Å². The first kappa shape index (κ1) is 18.3. The lowest BCUT2D eigenvalue weighted by Gasteiger charge is -2.34. The number of carbonyl (C=O) groups excluding carboxylic acids is 3. The first-order valence-electron chi connectivity index (χ1n) is 7.89. The number of amides is 3. The molecular weight excluding hydrogens is 324 g/mol. The van der Waals surface area contributed by atoms with Crippen molar-refractivity contribution in [2.75, 3.05) is 43.8 Å². The van der Waals surface area contributed by atoms with Gasteiger partial charge in [0.15, 0.2) is 6.61 Å². The van der Waals surface area contributed by atoms with Gasteiger partial charge in [0.25, 0.3) is 5.91 Å². The highest BCUT2D eigenvalue weighted by molar-refractivity contribution is 6.01. The second kappa shape index (κ2) is 8.18. The van der Waals surface area contributed by atoms with Gasteiger partial charge < -0.3 is 25.6 Å². The topological polar surface area (TPSA) is 105 Å². The molecule has 2 rings (SSSR count). The number of hydrogen-bond acceptors (Lipinski definition) is 5. The van der Waals surface area contributed by atoms with Crippen LogP contribution in [0.15, 0.2) is 30.9 Å². The minimum Gasteiger partial charge on any atom is -0.484 e. The molecule has 0 bridgehead atoms. The van der Waals surface area contributed by atoms with Crippen molar-refractivity contribution in [3.8, 4) is 5.75 Å². The Balaban J connectivity index is 1.89. The quantitative estimate of drug-likeness (QED) is 0.595.